The lowest BCUT2D eigenvalue weighted by Gasteiger charge is -2.39. The molecular weight excluding hydrogens is 480 g/mol. The highest BCUT2D eigenvalue weighted by molar-refractivity contribution is 7.19. The zero-order chi connectivity index (χ0) is 26.2. The second kappa shape index (κ2) is 8.54. The van der Waals surface area contributed by atoms with Crippen LogP contribution >= 0.6 is 11.3 Å². The van der Waals surface area contributed by atoms with Crippen molar-refractivity contribution in [3.8, 4) is 16.9 Å². The Labute approximate surface area is 229 Å². The summed E-state index contributed by atoms with van der Waals surface area (Å²) < 4.78 is 6.46. The molecule has 3 heteroatoms. The molecule has 38 heavy (non-hydrogen) atoms. The number of hydrogen-bond acceptors (Lipinski definition) is 1. The molecule has 1 atom stereocenters. The molecule has 0 N–H and O–H groups in total. The van der Waals surface area contributed by atoms with E-state index in [1.165, 1.54) is 64.8 Å². The van der Waals surface area contributed by atoms with Crippen molar-refractivity contribution in [2.75, 3.05) is 0 Å². The molecule has 2 nitrogen and oxygen atoms in total. The Morgan fingerprint density at radius 2 is 1.61 bits per heavy atom. The smallest absolute Gasteiger partial charge is 0.213 e. The molecule has 1 unspecified atom stereocenters. The molecular formula is C35H35N2S+. The summed E-state index contributed by atoms with van der Waals surface area (Å²) in [6.07, 6.45) is 5.72. The van der Waals surface area contributed by atoms with Crippen LogP contribution in [0.2, 0.25) is 0 Å². The van der Waals surface area contributed by atoms with Gasteiger partial charge in [-0.2, -0.15) is 4.57 Å². The normalized spacial score (nSPS) is 16.3. The summed E-state index contributed by atoms with van der Waals surface area (Å²) in [6.45, 7) is 11.6. The third-order valence-corrected chi connectivity index (χ3v) is 10.7. The van der Waals surface area contributed by atoms with Gasteiger partial charge in [0.1, 0.15) is 0 Å². The maximum Gasteiger partial charge on any atom is 0.213 e. The van der Waals surface area contributed by atoms with Gasteiger partial charge in [-0.3, -0.25) is 0 Å². The van der Waals surface area contributed by atoms with Gasteiger partial charge in [-0.1, -0.05) is 45.0 Å². The van der Waals surface area contributed by atoms with Gasteiger partial charge in [-0.15, -0.1) is 11.3 Å². The Balaban J connectivity index is 1.54. The van der Waals surface area contributed by atoms with Crippen LogP contribution in [0.4, 0.5) is 0 Å². The number of para-hydroxylation sites is 1. The van der Waals surface area contributed by atoms with Gasteiger partial charge in [-0.05, 0) is 73.2 Å². The van der Waals surface area contributed by atoms with Crippen LogP contribution in [0.25, 0.3) is 48.8 Å². The molecule has 3 aromatic carbocycles. The van der Waals surface area contributed by atoms with E-state index in [0.29, 0.717) is 5.92 Å². The second-order valence-corrected chi connectivity index (χ2v) is 12.3. The molecule has 3 aromatic heterocycles. The molecule has 0 saturated heterocycles. The minimum absolute atomic E-state index is 0.118. The van der Waals surface area contributed by atoms with E-state index in [1.807, 2.05) is 11.3 Å². The van der Waals surface area contributed by atoms with Crippen molar-refractivity contribution in [1.82, 2.24) is 4.57 Å². The van der Waals surface area contributed by atoms with E-state index in [1.54, 1.807) is 0 Å². The summed E-state index contributed by atoms with van der Waals surface area (Å²) in [5.41, 5.74) is 9.55. The average molecular weight is 516 g/mol. The molecule has 0 saturated carbocycles. The summed E-state index contributed by atoms with van der Waals surface area (Å²) >= 11 is 1.91. The van der Waals surface area contributed by atoms with Crippen molar-refractivity contribution >= 4 is 43.2 Å². The first-order valence-electron chi connectivity index (χ1n) is 14.1. The van der Waals surface area contributed by atoms with Crippen molar-refractivity contribution in [2.24, 2.45) is 0 Å². The van der Waals surface area contributed by atoms with E-state index in [0.717, 1.165) is 19.3 Å². The molecule has 0 fully saturated rings. The molecule has 6 aromatic rings. The average Bonchev–Trinajstić information content (AvgIpc) is 3.43. The Morgan fingerprint density at radius 3 is 2.39 bits per heavy atom. The first-order chi connectivity index (χ1) is 18.5. The molecule has 0 bridgehead atoms. The highest BCUT2D eigenvalue weighted by atomic mass is 32.1. The molecule has 0 spiro atoms. The Kier molecular flexibility index (Phi) is 5.32. The summed E-state index contributed by atoms with van der Waals surface area (Å²) in [6, 6.07) is 27.7. The van der Waals surface area contributed by atoms with E-state index in [-0.39, 0.29) is 5.54 Å². The summed E-state index contributed by atoms with van der Waals surface area (Å²) in [7, 11) is 0. The van der Waals surface area contributed by atoms with Crippen LogP contribution in [0.1, 0.15) is 62.0 Å². The third-order valence-electron chi connectivity index (χ3n) is 9.54. The number of aromatic nitrogens is 2. The predicted octanol–water partition coefficient (Wildman–Crippen LogP) is 9.59. The number of benzene rings is 3. The van der Waals surface area contributed by atoms with Gasteiger partial charge >= 0.3 is 0 Å². The number of hydrogen-bond donors (Lipinski definition) is 0. The lowest BCUT2D eigenvalue weighted by molar-refractivity contribution is -0.762. The van der Waals surface area contributed by atoms with Gasteiger partial charge < -0.3 is 4.57 Å². The maximum absolute atomic E-state index is 2.60. The van der Waals surface area contributed by atoms with Gasteiger partial charge in [0.15, 0.2) is 11.7 Å². The first kappa shape index (κ1) is 23.7. The quantitative estimate of drug-likeness (QED) is 0.207. The van der Waals surface area contributed by atoms with Crippen LogP contribution in [0, 0.1) is 13.8 Å². The highest BCUT2D eigenvalue weighted by Gasteiger charge is 2.50. The molecule has 1 aliphatic heterocycles. The number of aryl methyl sites for hydroxylation is 2. The summed E-state index contributed by atoms with van der Waals surface area (Å²) in [5.74, 6) is 0.497. The van der Waals surface area contributed by atoms with Gasteiger partial charge in [0.05, 0.1) is 16.6 Å². The van der Waals surface area contributed by atoms with Crippen LogP contribution in [0.5, 0.6) is 0 Å². The molecule has 0 amide bonds. The van der Waals surface area contributed by atoms with Gasteiger partial charge in [-0.25, -0.2) is 0 Å². The molecule has 190 valence electrons. The van der Waals surface area contributed by atoms with Gasteiger partial charge in [0.25, 0.3) is 0 Å². The molecule has 1 aliphatic rings. The zero-order valence-corrected chi connectivity index (χ0v) is 23.8. The van der Waals surface area contributed by atoms with Crippen LogP contribution in [-0.4, -0.2) is 4.57 Å². The lowest BCUT2D eigenvalue weighted by Crippen LogP contribution is -2.62. The largest absolute Gasteiger partial charge is 0.309 e. The number of pyridine rings is 1. The Hall–Kier alpha value is -3.43. The Morgan fingerprint density at radius 1 is 0.816 bits per heavy atom. The lowest BCUT2D eigenvalue weighted by atomic mass is 9.69. The van der Waals surface area contributed by atoms with E-state index >= 15 is 0 Å². The van der Waals surface area contributed by atoms with Crippen LogP contribution in [0.3, 0.4) is 0 Å². The fourth-order valence-electron chi connectivity index (χ4n) is 7.48. The van der Waals surface area contributed by atoms with Crippen LogP contribution in [0.15, 0.2) is 79.0 Å². The predicted molar refractivity (Wildman–Crippen MR) is 163 cm³/mol. The van der Waals surface area contributed by atoms with Crippen molar-refractivity contribution in [3.05, 3.63) is 95.0 Å². The van der Waals surface area contributed by atoms with Crippen molar-refractivity contribution < 1.29 is 4.57 Å². The van der Waals surface area contributed by atoms with Crippen molar-refractivity contribution in [1.29, 1.82) is 0 Å². The second-order valence-electron chi connectivity index (χ2n) is 11.0. The highest BCUT2D eigenvalue weighted by Crippen LogP contribution is 2.47. The molecule has 4 heterocycles. The minimum atomic E-state index is 0.118. The fourth-order valence-corrected chi connectivity index (χ4v) is 8.57. The standard InChI is InChI=1S/C35H35N2S/c1-6-30-25-17-16-24(19-28(25)31-14-11-12-18-36(31)35(30,7-2)8-3)37-32-15-10-9-13-26(32)29-20-27-22(4)23(5)38-34(27)21-33(29)37/h9-21,30H,6-8H2,1-5H3/q+1. The zero-order valence-electron chi connectivity index (χ0n) is 23.0. The maximum atomic E-state index is 2.60. The first-order valence-corrected chi connectivity index (χ1v) is 14.9. The van der Waals surface area contributed by atoms with E-state index < -0.39 is 0 Å². The van der Waals surface area contributed by atoms with E-state index in [9.17, 15) is 0 Å². The van der Waals surface area contributed by atoms with Crippen molar-refractivity contribution in [2.45, 2.75) is 65.3 Å². The number of fused-ring (bicyclic) bond motifs is 7. The Bertz CT molecular complexity index is 1860. The summed E-state index contributed by atoms with van der Waals surface area (Å²) in [4.78, 5) is 1.41. The van der Waals surface area contributed by atoms with Crippen LogP contribution < -0.4 is 4.57 Å². The topological polar surface area (TPSA) is 8.81 Å². The SMILES string of the molecule is CCC1c2ccc(-n3c4ccccc4c4cc5c(C)c(C)sc5cc43)cc2-c2cccc[n+]2C1(CC)CC. The summed E-state index contributed by atoms with van der Waals surface area (Å²) in [5, 5.41) is 4.05. The molecule has 7 rings (SSSR count). The van der Waals surface area contributed by atoms with E-state index in [2.05, 4.69) is 123 Å². The number of rotatable bonds is 4. The van der Waals surface area contributed by atoms with Gasteiger partial charge in [0, 0.05) is 56.9 Å². The van der Waals surface area contributed by atoms with Gasteiger partial charge in [0.2, 0.25) is 5.69 Å². The van der Waals surface area contributed by atoms with Crippen LogP contribution in [-0.2, 0) is 5.54 Å². The van der Waals surface area contributed by atoms with Crippen molar-refractivity contribution in [3.63, 3.8) is 0 Å². The fraction of sp³-hybridized carbons (Fsp3) is 0.286. The molecule has 0 radical (unpaired) electrons. The monoisotopic (exact) mass is 515 g/mol. The number of thiophene rings is 1. The minimum Gasteiger partial charge on any atom is -0.309 e. The molecule has 0 aliphatic carbocycles. The third kappa shape index (κ3) is 3.03. The number of nitrogens with zero attached hydrogens (tertiary/aromatic N) is 2. The van der Waals surface area contributed by atoms with E-state index in [4.69, 9.17) is 0 Å².